The first kappa shape index (κ1) is 25.1. The Labute approximate surface area is 223 Å². The summed E-state index contributed by atoms with van der Waals surface area (Å²) in [6.07, 6.45) is 11.2. The Bertz CT molecular complexity index is 1360. The fraction of sp³-hybridized carbons (Fsp3) is 0.333. The smallest absolute Gasteiger partial charge is 0.305 e. The van der Waals surface area contributed by atoms with Crippen molar-refractivity contribution in [2.45, 2.75) is 44.9 Å². The number of hydrogen-bond donors (Lipinski definition) is 2. The highest BCUT2D eigenvalue weighted by atomic mass is 32.2. The lowest BCUT2D eigenvalue weighted by atomic mass is 9.83. The zero-order valence-electron chi connectivity index (χ0n) is 20.4. The molecule has 2 aliphatic heterocycles. The summed E-state index contributed by atoms with van der Waals surface area (Å²) >= 11 is 2.58. The minimum atomic E-state index is -0.847. The van der Waals surface area contributed by atoms with E-state index in [1.54, 1.807) is 29.7 Å². The van der Waals surface area contributed by atoms with E-state index in [4.69, 9.17) is 9.98 Å². The van der Waals surface area contributed by atoms with Crippen molar-refractivity contribution in [3.8, 4) is 16.6 Å². The number of carbonyl (C=O) groups excluding carboxylic acids is 2. The maximum atomic E-state index is 11.8. The van der Waals surface area contributed by atoms with Crippen molar-refractivity contribution in [1.82, 2.24) is 15.6 Å². The van der Waals surface area contributed by atoms with Crippen molar-refractivity contribution in [3.05, 3.63) is 69.0 Å². The molecule has 2 amide bonds. The van der Waals surface area contributed by atoms with E-state index in [9.17, 15) is 9.59 Å². The van der Waals surface area contributed by atoms with Gasteiger partial charge < -0.3 is 5.32 Å². The zero-order chi connectivity index (χ0) is 25.7. The van der Waals surface area contributed by atoms with Gasteiger partial charge >= 0.3 is 6.54 Å². The number of pyridine rings is 1. The molecule has 8 nitrogen and oxygen atoms in total. The van der Waals surface area contributed by atoms with Crippen LogP contribution in [0.2, 0.25) is 0 Å². The van der Waals surface area contributed by atoms with Gasteiger partial charge in [-0.2, -0.15) is 0 Å². The number of aromatic nitrogens is 1. The molecule has 2 fully saturated rings. The molecule has 37 heavy (non-hydrogen) atoms. The Morgan fingerprint density at radius 2 is 2.08 bits per heavy atom. The van der Waals surface area contributed by atoms with Crippen molar-refractivity contribution in [3.63, 3.8) is 0 Å². The Morgan fingerprint density at radius 3 is 2.84 bits per heavy atom. The fourth-order valence-corrected chi connectivity index (χ4v) is 5.72. The Morgan fingerprint density at radius 1 is 1.22 bits per heavy atom. The topological polar surface area (TPSA) is 100 Å². The van der Waals surface area contributed by atoms with E-state index in [0.717, 1.165) is 48.8 Å². The largest absolute Gasteiger partial charge is 0.343 e. The molecule has 1 saturated heterocycles. The predicted molar refractivity (Wildman–Crippen MR) is 150 cm³/mol. The number of aliphatic imine (C=N–C) groups is 2. The van der Waals surface area contributed by atoms with Crippen LogP contribution in [-0.2, 0) is 11.3 Å². The van der Waals surface area contributed by atoms with Gasteiger partial charge in [0.25, 0.3) is 17.2 Å². The molecule has 1 aliphatic carbocycles. The van der Waals surface area contributed by atoms with Crippen LogP contribution in [0.3, 0.4) is 0 Å². The van der Waals surface area contributed by atoms with E-state index >= 15 is 0 Å². The Kier molecular flexibility index (Phi) is 7.63. The van der Waals surface area contributed by atoms with Crippen LogP contribution in [0.4, 0.5) is 4.79 Å². The average molecular weight is 532 g/mol. The van der Waals surface area contributed by atoms with Crippen molar-refractivity contribution < 1.29 is 9.59 Å². The molecule has 2 aromatic heterocycles. The number of thioether (sulfide) groups is 1. The average Bonchev–Trinajstić information content (AvgIpc) is 3.54. The summed E-state index contributed by atoms with van der Waals surface area (Å²) in [6.45, 7) is 2.43. The molecular formula is C27H27N6O2S2+. The number of imide groups is 1. The number of nitrogens with zero attached hydrogens (tertiary/aromatic N) is 4. The molecule has 4 heterocycles. The van der Waals surface area contributed by atoms with Gasteiger partial charge in [-0.05, 0) is 79.1 Å². The molecule has 1 atom stereocenters. The van der Waals surface area contributed by atoms with Crippen LogP contribution in [0.15, 0.2) is 68.5 Å². The van der Waals surface area contributed by atoms with E-state index < -0.39 is 5.79 Å². The van der Waals surface area contributed by atoms with Gasteiger partial charge in [0.2, 0.25) is 5.79 Å². The second-order valence-electron chi connectivity index (χ2n) is 9.22. The number of rotatable bonds is 5. The monoisotopic (exact) mass is 531 g/mol. The third-order valence-corrected chi connectivity index (χ3v) is 8.00. The molecule has 1 unspecified atom stereocenters. The minimum Gasteiger partial charge on any atom is -0.343 e. The molecule has 0 spiro atoms. The molecule has 0 radical (unpaired) electrons. The van der Waals surface area contributed by atoms with E-state index in [0.29, 0.717) is 29.0 Å². The number of carbonyl (C=O) groups is 2. The van der Waals surface area contributed by atoms with Crippen LogP contribution in [0, 0.1) is 17.9 Å². The van der Waals surface area contributed by atoms with Gasteiger partial charge in [0, 0.05) is 25.0 Å². The highest BCUT2D eigenvalue weighted by Gasteiger charge is 2.29. The van der Waals surface area contributed by atoms with Crippen LogP contribution >= 0.6 is 23.1 Å². The van der Waals surface area contributed by atoms with Gasteiger partial charge in [-0.3, -0.25) is 14.9 Å². The first-order chi connectivity index (χ1) is 18.0. The molecule has 188 valence electrons. The third-order valence-electron chi connectivity index (χ3n) is 6.29. The van der Waals surface area contributed by atoms with E-state index in [1.807, 2.05) is 37.4 Å². The van der Waals surface area contributed by atoms with Gasteiger partial charge in [-0.1, -0.05) is 17.0 Å². The molecular weight excluding hydrogens is 504 g/mol. The van der Waals surface area contributed by atoms with Crippen molar-refractivity contribution in [2.24, 2.45) is 21.8 Å². The lowest BCUT2D eigenvalue weighted by Gasteiger charge is -2.28. The Hall–Kier alpha value is -3.55. The zero-order valence-corrected chi connectivity index (χ0v) is 22.0. The highest BCUT2D eigenvalue weighted by molar-refractivity contribution is 8.18. The number of amides is 2. The summed E-state index contributed by atoms with van der Waals surface area (Å²) in [5.41, 5.74) is 2.63. The normalized spacial score (nSPS) is 26.5. The molecule has 3 aliphatic rings. The van der Waals surface area contributed by atoms with Crippen LogP contribution < -0.4 is 10.6 Å². The SMILES string of the molecule is CC1(N=CC2CCC(C#[N+]Cc3cccc(-c4cccs4)n3)CC2)N=CC=C(/C=C2\SC(=O)NC2=O)N1. The van der Waals surface area contributed by atoms with Gasteiger partial charge in [0.15, 0.2) is 0 Å². The molecule has 2 aromatic rings. The third kappa shape index (κ3) is 6.61. The second kappa shape index (κ2) is 11.2. The molecule has 5 rings (SSSR count). The summed E-state index contributed by atoms with van der Waals surface area (Å²) in [4.78, 5) is 43.2. The number of hydrogen-bond acceptors (Lipinski definition) is 8. The Balaban J connectivity index is 1.11. The fourth-order valence-electron chi connectivity index (χ4n) is 4.35. The van der Waals surface area contributed by atoms with Crippen LogP contribution in [0.1, 0.15) is 38.3 Å². The van der Waals surface area contributed by atoms with Gasteiger partial charge in [0.05, 0.1) is 21.4 Å². The van der Waals surface area contributed by atoms with Crippen molar-refractivity contribution in [1.29, 1.82) is 0 Å². The van der Waals surface area contributed by atoms with Gasteiger partial charge in [0.1, 0.15) is 5.69 Å². The predicted octanol–water partition coefficient (Wildman–Crippen LogP) is 5.62. The van der Waals surface area contributed by atoms with E-state index in [2.05, 4.69) is 38.0 Å². The summed E-state index contributed by atoms with van der Waals surface area (Å²) in [6, 6.07) is 13.5. The highest BCUT2D eigenvalue weighted by Crippen LogP contribution is 2.29. The van der Waals surface area contributed by atoms with Gasteiger partial charge in [-0.25, -0.2) is 15.0 Å². The molecule has 2 N–H and O–H groups in total. The van der Waals surface area contributed by atoms with E-state index in [-0.39, 0.29) is 11.1 Å². The quantitative estimate of drug-likeness (QED) is 0.385. The number of allylic oxidation sites excluding steroid dienone is 2. The standard InChI is InChI=1S/C27H26N6O2S2/c1-27(29-12-11-20(33-27)14-24-25(34)32-26(35)37-24)30-16-19-9-7-18(8-10-19)15-28-17-21-4-2-5-22(31-21)23-6-3-13-36-23/h2-6,11-14,16,18-19H,7-10,17H2,1H3,(H-,29,32,33,34,35)/p+1/b24-14-,30-16?. The maximum absolute atomic E-state index is 11.8. The lowest BCUT2D eigenvalue weighted by Crippen LogP contribution is -2.40. The van der Waals surface area contributed by atoms with Crippen LogP contribution in [-0.4, -0.2) is 34.3 Å². The second-order valence-corrected chi connectivity index (χ2v) is 11.2. The summed E-state index contributed by atoms with van der Waals surface area (Å²) in [5, 5.41) is 7.21. The molecule has 0 aromatic carbocycles. The lowest BCUT2D eigenvalue weighted by molar-refractivity contribution is -0.115. The summed E-state index contributed by atoms with van der Waals surface area (Å²) in [7, 11) is 0. The summed E-state index contributed by atoms with van der Waals surface area (Å²) in [5.74, 6) is -0.506. The first-order valence-corrected chi connectivity index (χ1v) is 13.9. The molecule has 1 saturated carbocycles. The molecule has 10 heteroatoms. The minimum absolute atomic E-state index is 0.352. The van der Waals surface area contributed by atoms with E-state index in [1.165, 1.54) is 4.88 Å². The van der Waals surface area contributed by atoms with Crippen molar-refractivity contribution >= 4 is 46.7 Å². The maximum Gasteiger partial charge on any atom is 0.305 e. The van der Waals surface area contributed by atoms with Gasteiger partial charge in [-0.15, -0.1) is 11.3 Å². The molecule has 0 bridgehead atoms. The number of thiophene rings is 1. The summed E-state index contributed by atoms with van der Waals surface area (Å²) < 4.78 is 0. The number of nitrogens with one attached hydrogen (secondary N) is 2. The van der Waals surface area contributed by atoms with Crippen molar-refractivity contribution in [2.75, 3.05) is 0 Å². The van der Waals surface area contributed by atoms with Crippen LogP contribution in [0.25, 0.3) is 15.4 Å². The first-order valence-electron chi connectivity index (χ1n) is 12.2. The van der Waals surface area contributed by atoms with Crippen LogP contribution in [0.5, 0.6) is 0 Å².